The van der Waals surface area contributed by atoms with Crippen LogP contribution in [0.4, 0.5) is 5.69 Å². The van der Waals surface area contributed by atoms with Gasteiger partial charge in [0.2, 0.25) is 15.9 Å². The second-order valence-corrected chi connectivity index (χ2v) is 9.53. The molecule has 0 radical (unpaired) electrons. The normalized spacial score (nSPS) is 16.2. The highest BCUT2D eigenvalue weighted by atomic mass is 32.2. The molecule has 1 saturated heterocycles. The van der Waals surface area contributed by atoms with Gasteiger partial charge in [0.15, 0.2) is 0 Å². The number of thioether (sulfide) groups is 1. The van der Waals surface area contributed by atoms with Crippen LogP contribution >= 0.6 is 11.8 Å². The van der Waals surface area contributed by atoms with Crippen LogP contribution in [0.1, 0.15) is 18.4 Å². The summed E-state index contributed by atoms with van der Waals surface area (Å²) >= 11 is 1.62. The molecule has 0 bridgehead atoms. The Balaban J connectivity index is 1.61. The maximum atomic E-state index is 12.8. The van der Waals surface area contributed by atoms with Gasteiger partial charge in [-0.25, -0.2) is 8.42 Å². The summed E-state index contributed by atoms with van der Waals surface area (Å²) in [7, 11) is -3.50. The highest BCUT2D eigenvalue weighted by Gasteiger charge is 2.32. The highest BCUT2D eigenvalue weighted by molar-refractivity contribution is 7.98. The van der Waals surface area contributed by atoms with Gasteiger partial charge in [-0.2, -0.15) is 4.31 Å². The molecule has 0 atom stereocenters. The molecule has 1 N–H and O–H groups in total. The van der Waals surface area contributed by atoms with Gasteiger partial charge in [0.1, 0.15) is 0 Å². The van der Waals surface area contributed by atoms with E-state index in [0.29, 0.717) is 30.8 Å². The first-order chi connectivity index (χ1) is 12.9. The van der Waals surface area contributed by atoms with Crippen LogP contribution in [0.5, 0.6) is 0 Å². The van der Waals surface area contributed by atoms with Crippen molar-refractivity contribution in [3.8, 4) is 0 Å². The van der Waals surface area contributed by atoms with E-state index in [-0.39, 0.29) is 11.8 Å². The zero-order valence-electron chi connectivity index (χ0n) is 15.5. The Bertz CT molecular complexity index is 903. The summed E-state index contributed by atoms with van der Waals surface area (Å²) in [6.07, 6.45) is 3.05. The lowest BCUT2D eigenvalue weighted by Gasteiger charge is -2.30. The monoisotopic (exact) mass is 404 g/mol. The lowest BCUT2D eigenvalue weighted by atomic mass is 9.97. The Labute approximate surface area is 165 Å². The second kappa shape index (κ2) is 8.46. The molecule has 0 aromatic heterocycles. The van der Waals surface area contributed by atoms with E-state index in [4.69, 9.17) is 0 Å². The second-order valence-electron chi connectivity index (χ2n) is 6.71. The van der Waals surface area contributed by atoms with E-state index in [2.05, 4.69) is 5.32 Å². The number of sulfonamides is 1. The molecule has 0 unspecified atom stereocenters. The molecule has 1 heterocycles. The molecule has 2 aromatic carbocycles. The number of aryl methyl sites for hydroxylation is 1. The van der Waals surface area contributed by atoms with Crippen molar-refractivity contribution in [1.29, 1.82) is 0 Å². The summed E-state index contributed by atoms with van der Waals surface area (Å²) in [5.41, 5.74) is 1.80. The number of hydrogen-bond donors (Lipinski definition) is 1. The van der Waals surface area contributed by atoms with Crippen LogP contribution in [0.15, 0.2) is 58.3 Å². The Hall–Kier alpha value is -1.83. The first kappa shape index (κ1) is 19.9. The van der Waals surface area contributed by atoms with Crippen molar-refractivity contribution in [2.75, 3.05) is 24.7 Å². The highest BCUT2D eigenvalue weighted by Crippen LogP contribution is 2.26. The van der Waals surface area contributed by atoms with Crippen molar-refractivity contribution in [1.82, 2.24) is 4.31 Å². The summed E-state index contributed by atoms with van der Waals surface area (Å²) in [5.74, 6) is -0.215. The van der Waals surface area contributed by atoms with Gasteiger partial charge in [0, 0.05) is 29.6 Å². The largest absolute Gasteiger partial charge is 0.326 e. The summed E-state index contributed by atoms with van der Waals surface area (Å²) < 4.78 is 27.0. The van der Waals surface area contributed by atoms with E-state index < -0.39 is 10.0 Å². The van der Waals surface area contributed by atoms with Crippen LogP contribution in [-0.2, 0) is 14.8 Å². The zero-order valence-corrected chi connectivity index (χ0v) is 17.1. The number of carbonyl (C=O) groups excluding carboxylic acids is 1. The molecule has 27 heavy (non-hydrogen) atoms. The van der Waals surface area contributed by atoms with E-state index in [9.17, 15) is 13.2 Å². The van der Waals surface area contributed by atoms with Crippen molar-refractivity contribution in [2.45, 2.75) is 29.6 Å². The van der Waals surface area contributed by atoms with E-state index >= 15 is 0 Å². The maximum absolute atomic E-state index is 12.8. The predicted octanol–water partition coefficient (Wildman–Crippen LogP) is 3.76. The number of carbonyl (C=O) groups is 1. The molecule has 5 nitrogen and oxygen atoms in total. The molecule has 3 rings (SSSR count). The smallest absolute Gasteiger partial charge is 0.243 e. The lowest BCUT2D eigenvalue weighted by molar-refractivity contribution is -0.120. The Morgan fingerprint density at radius 2 is 1.78 bits per heavy atom. The molecule has 1 amide bonds. The van der Waals surface area contributed by atoms with Gasteiger partial charge in [-0.15, -0.1) is 11.8 Å². The first-order valence-corrected chi connectivity index (χ1v) is 11.6. The van der Waals surface area contributed by atoms with Crippen LogP contribution in [0, 0.1) is 12.8 Å². The minimum absolute atomic E-state index is 0.0411. The van der Waals surface area contributed by atoms with Gasteiger partial charge in [-0.1, -0.05) is 23.8 Å². The predicted molar refractivity (Wildman–Crippen MR) is 110 cm³/mol. The number of rotatable bonds is 5. The van der Waals surface area contributed by atoms with Gasteiger partial charge in [0.25, 0.3) is 0 Å². The third-order valence-corrected chi connectivity index (χ3v) is 7.46. The molecule has 0 aliphatic carbocycles. The molecule has 0 spiro atoms. The van der Waals surface area contributed by atoms with Crippen LogP contribution in [0.2, 0.25) is 0 Å². The number of anilines is 1. The summed E-state index contributed by atoms with van der Waals surface area (Å²) in [5, 5.41) is 2.96. The third-order valence-electron chi connectivity index (χ3n) is 4.82. The fourth-order valence-corrected chi connectivity index (χ4v) is 5.09. The van der Waals surface area contributed by atoms with Crippen LogP contribution in [0.25, 0.3) is 0 Å². The van der Waals surface area contributed by atoms with Gasteiger partial charge in [0.05, 0.1) is 4.90 Å². The molecule has 0 saturated carbocycles. The number of piperidine rings is 1. The molecule has 7 heteroatoms. The van der Waals surface area contributed by atoms with E-state index in [1.54, 1.807) is 36.0 Å². The standard InChI is InChI=1S/C20H24N2O3S2/c1-15-6-8-19(9-7-15)27(24,25)22-12-10-16(11-13-22)20(23)21-17-4-3-5-18(14-17)26-2/h3-9,14,16H,10-13H2,1-2H3,(H,21,23). The van der Waals surface area contributed by atoms with Crippen molar-refractivity contribution < 1.29 is 13.2 Å². The quantitative estimate of drug-likeness (QED) is 0.771. The van der Waals surface area contributed by atoms with E-state index in [1.807, 2.05) is 37.4 Å². The Morgan fingerprint density at radius 1 is 1.11 bits per heavy atom. The van der Waals surface area contributed by atoms with E-state index in [0.717, 1.165) is 16.1 Å². The zero-order chi connectivity index (χ0) is 19.4. The minimum atomic E-state index is -3.50. The van der Waals surface area contributed by atoms with Gasteiger partial charge >= 0.3 is 0 Å². The average Bonchev–Trinajstić information content (AvgIpc) is 2.68. The van der Waals surface area contributed by atoms with Crippen molar-refractivity contribution in [2.24, 2.45) is 5.92 Å². The number of benzene rings is 2. The maximum Gasteiger partial charge on any atom is 0.243 e. The minimum Gasteiger partial charge on any atom is -0.326 e. The topological polar surface area (TPSA) is 66.5 Å². The summed E-state index contributed by atoms with van der Waals surface area (Å²) in [6.45, 7) is 2.65. The average molecular weight is 405 g/mol. The Morgan fingerprint density at radius 3 is 2.41 bits per heavy atom. The van der Waals surface area contributed by atoms with Gasteiger partial charge in [-0.05, 0) is 56.4 Å². The lowest BCUT2D eigenvalue weighted by Crippen LogP contribution is -2.41. The van der Waals surface area contributed by atoms with Gasteiger partial charge < -0.3 is 5.32 Å². The number of amides is 1. The van der Waals surface area contributed by atoms with Crippen LogP contribution in [0.3, 0.4) is 0 Å². The Kier molecular flexibility index (Phi) is 6.24. The fraction of sp³-hybridized carbons (Fsp3) is 0.350. The molecule has 1 fully saturated rings. The van der Waals surface area contributed by atoms with Gasteiger partial charge in [-0.3, -0.25) is 4.79 Å². The summed E-state index contributed by atoms with van der Waals surface area (Å²) in [6, 6.07) is 14.6. The van der Waals surface area contributed by atoms with Crippen molar-refractivity contribution >= 4 is 33.4 Å². The van der Waals surface area contributed by atoms with Crippen LogP contribution < -0.4 is 5.32 Å². The first-order valence-electron chi connectivity index (χ1n) is 8.92. The molecule has 2 aromatic rings. The molecular formula is C20H24N2O3S2. The molecular weight excluding hydrogens is 380 g/mol. The number of nitrogens with zero attached hydrogens (tertiary/aromatic N) is 1. The molecule has 1 aliphatic heterocycles. The number of nitrogens with one attached hydrogen (secondary N) is 1. The number of hydrogen-bond acceptors (Lipinski definition) is 4. The van der Waals surface area contributed by atoms with Crippen molar-refractivity contribution in [3.63, 3.8) is 0 Å². The fourth-order valence-electron chi connectivity index (χ4n) is 3.16. The van der Waals surface area contributed by atoms with Crippen molar-refractivity contribution in [3.05, 3.63) is 54.1 Å². The van der Waals surface area contributed by atoms with E-state index in [1.165, 1.54) is 4.31 Å². The third kappa shape index (κ3) is 4.72. The molecule has 1 aliphatic rings. The summed E-state index contributed by atoms with van der Waals surface area (Å²) in [4.78, 5) is 13.9. The SMILES string of the molecule is CSc1cccc(NC(=O)C2CCN(S(=O)(=O)c3ccc(C)cc3)CC2)c1. The van der Waals surface area contributed by atoms with Crippen LogP contribution in [-0.4, -0.2) is 38.0 Å². The molecule has 144 valence electrons.